The molecule has 0 atom stereocenters. The highest BCUT2D eigenvalue weighted by Crippen LogP contribution is 2.34. The van der Waals surface area contributed by atoms with Gasteiger partial charge in [-0.3, -0.25) is 0 Å². The van der Waals surface area contributed by atoms with Crippen LogP contribution in [0.25, 0.3) is 11.4 Å². The van der Waals surface area contributed by atoms with Crippen molar-refractivity contribution in [1.29, 1.82) is 0 Å². The Kier molecular flexibility index (Phi) is 6.43. The molecule has 0 aliphatic carbocycles. The van der Waals surface area contributed by atoms with E-state index < -0.39 is 0 Å². The number of para-hydroxylation sites is 1. The van der Waals surface area contributed by atoms with E-state index in [0.717, 1.165) is 11.1 Å². The van der Waals surface area contributed by atoms with Gasteiger partial charge in [-0.15, -0.1) is 0 Å². The van der Waals surface area contributed by atoms with Gasteiger partial charge >= 0.3 is 0 Å². The van der Waals surface area contributed by atoms with E-state index in [0.29, 0.717) is 46.0 Å². The second-order valence-electron chi connectivity index (χ2n) is 5.75. The van der Waals surface area contributed by atoms with Crippen molar-refractivity contribution in [2.75, 3.05) is 26.3 Å². The summed E-state index contributed by atoms with van der Waals surface area (Å²) in [4.78, 5) is 0. The van der Waals surface area contributed by atoms with Crippen LogP contribution in [0.5, 0.6) is 17.2 Å². The SMILES string of the molecule is CCOc1cc(CNn2c(-c3ccccc3OC)n[nH]c2=S)c(Cl)cc1OC. The molecule has 0 aliphatic heterocycles. The summed E-state index contributed by atoms with van der Waals surface area (Å²) in [5.41, 5.74) is 4.90. The van der Waals surface area contributed by atoms with Crippen LogP contribution in [0.3, 0.4) is 0 Å². The molecule has 3 aromatic rings. The molecule has 1 aromatic heterocycles. The normalized spacial score (nSPS) is 10.6. The summed E-state index contributed by atoms with van der Waals surface area (Å²) >= 11 is 11.8. The third-order valence-electron chi connectivity index (χ3n) is 4.08. The van der Waals surface area contributed by atoms with Crippen molar-refractivity contribution in [3.8, 4) is 28.6 Å². The minimum absolute atomic E-state index is 0.402. The number of H-pyrrole nitrogens is 1. The lowest BCUT2D eigenvalue weighted by atomic mass is 10.2. The van der Waals surface area contributed by atoms with Crippen LogP contribution in [0.1, 0.15) is 12.5 Å². The maximum absolute atomic E-state index is 6.41. The minimum atomic E-state index is 0.402. The van der Waals surface area contributed by atoms with Gasteiger partial charge in [-0.05, 0) is 42.9 Å². The van der Waals surface area contributed by atoms with Crippen molar-refractivity contribution in [3.63, 3.8) is 0 Å². The lowest BCUT2D eigenvalue weighted by Gasteiger charge is -2.15. The minimum Gasteiger partial charge on any atom is -0.496 e. The van der Waals surface area contributed by atoms with Gasteiger partial charge in [0.2, 0.25) is 4.77 Å². The molecule has 7 nitrogen and oxygen atoms in total. The number of ether oxygens (including phenoxy) is 3. The molecule has 148 valence electrons. The molecule has 0 aliphatic rings. The first kappa shape index (κ1) is 20.0. The third-order valence-corrected chi connectivity index (χ3v) is 4.71. The molecule has 0 spiro atoms. The summed E-state index contributed by atoms with van der Waals surface area (Å²) in [5, 5.41) is 7.69. The topological polar surface area (TPSA) is 73.3 Å². The van der Waals surface area contributed by atoms with E-state index in [9.17, 15) is 0 Å². The van der Waals surface area contributed by atoms with Gasteiger partial charge in [0, 0.05) is 11.1 Å². The molecule has 28 heavy (non-hydrogen) atoms. The fourth-order valence-corrected chi connectivity index (χ4v) is 3.18. The van der Waals surface area contributed by atoms with Gasteiger partial charge in [-0.2, -0.15) is 5.10 Å². The van der Waals surface area contributed by atoms with Gasteiger partial charge in [0.1, 0.15) is 5.75 Å². The lowest BCUT2D eigenvalue weighted by Crippen LogP contribution is -2.16. The zero-order valence-electron chi connectivity index (χ0n) is 15.8. The molecule has 0 saturated heterocycles. The second kappa shape index (κ2) is 8.99. The van der Waals surface area contributed by atoms with E-state index in [4.69, 9.17) is 38.0 Å². The predicted octanol–water partition coefficient (Wildman–Crippen LogP) is 4.42. The van der Waals surface area contributed by atoms with Crippen LogP contribution in [0.15, 0.2) is 36.4 Å². The number of rotatable bonds is 8. The number of nitrogens with zero attached hydrogens (tertiary/aromatic N) is 2. The third kappa shape index (κ3) is 4.07. The zero-order chi connectivity index (χ0) is 20.1. The van der Waals surface area contributed by atoms with Crippen LogP contribution in [0, 0.1) is 4.77 Å². The van der Waals surface area contributed by atoms with E-state index >= 15 is 0 Å². The molecule has 0 unspecified atom stereocenters. The van der Waals surface area contributed by atoms with E-state index in [-0.39, 0.29) is 0 Å². The number of benzene rings is 2. The fourth-order valence-electron chi connectivity index (χ4n) is 2.76. The number of hydrogen-bond donors (Lipinski definition) is 2. The first-order valence-electron chi connectivity index (χ1n) is 8.62. The first-order valence-corrected chi connectivity index (χ1v) is 9.41. The van der Waals surface area contributed by atoms with Crippen molar-refractivity contribution in [1.82, 2.24) is 14.9 Å². The lowest BCUT2D eigenvalue weighted by molar-refractivity contribution is 0.310. The summed E-state index contributed by atoms with van der Waals surface area (Å²) in [5.74, 6) is 2.52. The van der Waals surface area contributed by atoms with Gasteiger partial charge < -0.3 is 19.6 Å². The van der Waals surface area contributed by atoms with E-state index in [1.54, 1.807) is 25.0 Å². The Morgan fingerprint density at radius 2 is 1.89 bits per heavy atom. The molecule has 0 saturated carbocycles. The number of methoxy groups -OCH3 is 2. The van der Waals surface area contributed by atoms with Gasteiger partial charge in [0.05, 0.1) is 32.9 Å². The molecule has 2 N–H and O–H groups in total. The highest BCUT2D eigenvalue weighted by atomic mass is 35.5. The summed E-state index contributed by atoms with van der Waals surface area (Å²) < 4.78 is 18.5. The molecule has 3 rings (SSSR count). The molecule has 0 bridgehead atoms. The predicted molar refractivity (Wildman–Crippen MR) is 112 cm³/mol. The number of hydrogen-bond acceptors (Lipinski definition) is 6. The summed E-state index contributed by atoms with van der Waals surface area (Å²) in [6, 6.07) is 11.2. The van der Waals surface area contributed by atoms with Crippen LogP contribution in [-0.4, -0.2) is 35.7 Å². The number of halogens is 1. The Morgan fingerprint density at radius 1 is 1.14 bits per heavy atom. The van der Waals surface area contributed by atoms with Crippen molar-refractivity contribution in [2.45, 2.75) is 13.5 Å². The number of aromatic nitrogens is 3. The van der Waals surface area contributed by atoms with Crippen LogP contribution in [-0.2, 0) is 6.54 Å². The quantitative estimate of drug-likeness (QED) is 0.525. The van der Waals surface area contributed by atoms with Crippen LogP contribution in [0.4, 0.5) is 0 Å². The Balaban J connectivity index is 1.91. The smallest absolute Gasteiger partial charge is 0.214 e. The van der Waals surface area contributed by atoms with Crippen molar-refractivity contribution >= 4 is 23.8 Å². The molecule has 0 fully saturated rings. The molecular formula is C19H21ClN4O3S. The van der Waals surface area contributed by atoms with Crippen molar-refractivity contribution in [2.24, 2.45) is 0 Å². The second-order valence-corrected chi connectivity index (χ2v) is 6.54. The zero-order valence-corrected chi connectivity index (χ0v) is 17.4. The van der Waals surface area contributed by atoms with Crippen LogP contribution >= 0.6 is 23.8 Å². The molecular weight excluding hydrogens is 400 g/mol. The number of nitrogens with one attached hydrogen (secondary N) is 2. The van der Waals surface area contributed by atoms with E-state index in [1.807, 2.05) is 37.3 Å². The molecule has 2 aromatic carbocycles. The molecule has 0 radical (unpaired) electrons. The fraction of sp³-hybridized carbons (Fsp3) is 0.263. The van der Waals surface area contributed by atoms with Gasteiger partial charge in [-0.25, -0.2) is 9.77 Å². The Bertz CT molecular complexity index is 1020. The summed E-state index contributed by atoms with van der Waals surface area (Å²) in [6.07, 6.45) is 0. The van der Waals surface area contributed by atoms with E-state index in [2.05, 4.69) is 15.6 Å². The average molecular weight is 421 g/mol. The Morgan fingerprint density at radius 3 is 2.61 bits per heavy atom. The van der Waals surface area contributed by atoms with Crippen molar-refractivity contribution in [3.05, 3.63) is 51.8 Å². The summed E-state index contributed by atoms with van der Waals surface area (Å²) in [6.45, 7) is 2.84. The highest BCUT2D eigenvalue weighted by molar-refractivity contribution is 7.71. The molecule has 0 amide bonds. The standard InChI is InChI=1S/C19H21ClN4O3S/c1-4-27-17-9-12(14(20)10-16(17)26-3)11-21-24-18(22-23-19(24)28)13-7-5-6-8-15(13)25-2/h5-10,21H,4,11H2,1-3H3,(H,23,28). The van der Waals surface area contributed by atoms with Crippen LogP contribution < -0.4 is 19.6 Å². The monoisotopic (exact) mass is 420 g/mol. The largest absolute Gasteiger partial charge is 0.496 e. The highest BCUT2D eigenvalue weighted by Gasteiger charge is 2.15. The Hall–Kier alpha value is -2.71. The van der Waals surface area contributed by atoms with Gasteiger partial charge in [-0.1, -0.05) is 23.7 Å². The maximum Gasteiger partial charge on any atom is 0.214 e. The van der Waals surface area contributed by atoms with Gasteiger partial charge in [0.25, 0.3) is 0 Å². The van der Waals surface area contributed by atoms with Crippen molar-refractivity contribution < 1.29 is 14.2 Å². The first-order chi connectivity index (χ1) is 13.6. The molecule has 1 heterocycles. The number of aromatic amines is 1. The molecule has 9 heteroatoms. The average Bonchev–Trinajstić information content (AvgIpc) is 3.08. The summed E-state index contributed by atoms with van der Waals surface area (Å²) in [7, 11) is 3.20. The van der Waals surface area contributed by atoms with Crippen LogP contribution in [0.2, 0.25) is 5.02 Å². The van der Waals surface area contributed by atoms with E-state index in [1.165, 1.54) is 0 Å². The van der Waals surface area contributed by atoms with Gasteiger partial charge in [0.15, 0.2) is 17.3 Å². The Labute approximate surface area is 173 Å². The maximum atomic E-state index is 6.41.